The van der Waals surface area contributed by atoms with Gasteiger partial charge in [0.1, 0.15) is 12.2 Å². The lowest BCUT2D eigenvalue weighted by molar-refractivity contribution is -0.385. The van der Waals surface area contributed by atoms with E-state index in [1.54, 1.807) is 54.6 Å². The molecule has 6 aromatic rings. The van der Waals surface area contributed by atoms with Crippen LogP contribution in [0, 0.1) is 10.1 Å². The number of ether oxygens (including phenoxy) is 1. The third-order valence-electron chi connectivity index (χ3n) is 6.52. The zero-order chi connectivity index (χ0) is 29.2. The first kappa shape index (κ1) is 26.1. The number of nitrogens with zero attached hydrogens (tertiary/aromatic N) is 4. The lowest BCUT2D eigenvalue weighted by atomic mass is 10.1. The molecule has 42 heavy (non-hydrogen) atoms. The molecule has 0 atom stereocenters. The summed E-state index contributed by atoms with van der Waals surface area (Å²) >= 11 is 0. The summed E-state index contributed by atoms with van der Waals surface area (Å²) in [7, 11) is 0. The minimum absolute atomic E-state index is 0.0688. The maximum Gasteiger partial charge on any atom is 0.335 e. The number of nitro groups is 1. The van der Waals surface area contributed by atoms with Crippen LogP contribution in [-0.2, 0) is 6.61 Å². The molecule has 0 radical (unpaired) electrons. The topological polar surface area (TPSA) is 150 Å². The summed E-state index contributed by atoms with van der Waals surface area (Å²) in [6.45, 7) is -0.0761. The molecule has 0 amide bonds. The molecule has 2 aromatic heterocycles. The Bertz CT molecular complexity index is 2050. The summed E-state index contributed by atoms with van der Waals surface area (Å²) in [5.74, 6) is -0.671. The Morgan fingerprint density at radius 2 is 1.79 bits per heavy atom. The van der Waals surface area contributed by atoms with Crippen LogP contribution in [0.2, 0.25) is 0 Å². The lowest BCUT2D eigenvalue weighted by Crippen LogP contribution is -2.20. The summed E-state index contributed by atoms with van der Waals surface area (Å²) in [5, 5.41) is 26.5. The average molecular weight is 561 g/mol. The van der Waals surface area contributed by atoms with Crippen molar-refractivity contribution in [1.29, 1.82) is 0 Å². The fraction of sp³-hybridized carbons (Fsp3) is 0.0323. The fourth-order valence-corrected chi connectivity index (χ4v) is 4.45. The minimum Gasteiger partial charge on any atom is -0.481 e. The zero-order valence-corrected chi connectivity index (χ0v) is 21.7. The number of aromatic nitrogens is 2. The highest BCUT2D eigenvalue weighted by molar-refractivity contribution is 5.88. The first-order valence-electron chi connectivity index (χ1n) is 12.7. The second-order valence-electron chi connectivity index (χ2n) is 9.21. The predicted molar refractivity (Wildman–Crippen MR) is 155 cm³/mol. The van der Waals surface area contributed by atoms with E-state index in [1.165, 1.54) is 30.5 Å². The van der Waals surface area contributed by atoms with Crippen LogP contribution in [0.15, 0.2) is 111 Å². The van der Waals surface area contributed by atoms with E-state index in [0.717, 1.165) is 10.1 Å². The smallest absolute Gasteiger partial charge is 0.335 e. The number of hydrogen-bond acceptors (Lipinski definition) is 8. The molecule has 0 spiro atoms. The van der Waals surface area contributed by atoms with Crippen molar-refractivity contribution < 1.29 is 24.0 Å². The summed E-state index contributed by atoms with van der Waals surface area (Å²) in [5.41, 5.74) is 1.24. The normalized spacial score (nSPS) is 11.3. The molecular weight excluding hydrogens is 540 g/mol. The first-order valence-corrected chi connectivity index (χ1v) is 12.7. The summed E-state index contributed by atoms with van der Waals surface area (Å²) in [6.07, 6.45) is 1.29. The fourth-order valence-electron chi connectivity index (χ4n) is 4.45. The van der Waals surface area contributed by atoms with E-state index in [0.29, 0.717) is 27.8 Å². The third kappa shape index (κ3) is 4.97. The van der Waals surface area contributed by atoms with E-state index >= 15 is 0 Å². The molecule has 11 nitrogen and oxygen atoms in total. The number of carbonyl (C=O) groups is 1. The number of fused-ring (bicyclic) bond motifs is 2. The Balaban J connectivity index is 1.43. The van der Waals surface area contributed by atoms with Gasteiger partial charge in [0.05, 0.1) is 27.6 Å². The van der Waals surface area contributed by atoms with Crippen LogP contribution in [0.3, 0.4) is 0 Å². The van der Waals surface area contributed by atoms with Crippen LogP contribution in [0.4, 0.5) is 5.69 Å². The van der Waals surface area contributed by atoms with Crippen molar-refractivity contribution in [3.05, 3.63) is 134 Å². The van der Waals surface area contributed by atoms with E-state index in [9.17, 15) is 19.7 Å². The quantitative estimate of drug-likeness (QED) is 0.138. The van der Waals surface area contributed by atoms with Gasteiger partial charge in [-0.25, -0.2) is 9.78 Å². The van der Waals surface area contributed by atoms with Gasteiger partial charge >= 0.3 is 11.7 Å². The van der Waals surface area contributed by atoms with Gasteiger partial charge in [0.15, 0.2) is 5.76 Å². The number of aromatic carboxylic acids is 1. The summed E-state index contributed by atoms with van der Waals surface area (Å²) < 4.78 is 12.9. The maximum absolute atomic E-state index is 13.6. The molecular formula is C31H20N4O7. The van der Waals surface area contributed by atoms with Crippen molar-refractivity contribution >= 4 is 39.7 Å². The molecule has 0 bridgehead atoms. The van der Waals surface area contributed by atoms with Crippen molar-refractivity contribution in [2.24, 2.45) is 5.10 Å². The Labute approximate surface area is 236 Å². The van der Waals surface area contributed by atoms with Crippen LogP contribution in [0.1, 0.15) is 21.5 Å². The van der Waals surface area contributed by atoms with Crippen molar-refractivity contribution in [3.8, 4) is 17.3 Å². The molecule has 0 fully saturated rings. The first-order chi connectivity index (χ1) is 20.4. The number of rotatable bonds is 8. The number of furan rings is 1. The van der Waals surface area contributed by atoms with E-state index in [4.69, 9.17) is 14.3 Å². The van der Waals surface area contributed by atoms with Gasteiger partial charge in [-0.3, -0.25) is 14.9 Å². The highest BCUT2D eigenvalue weighted by atomic mass is 16.6. The molecule has 206 valence electrons. The van der Waals surface area contributed by atoms with Crippen molar-refractivity contribution in [3.63, 3.8) is 0 Å². The van der Waals surface area contributed by atoms with Crippen molar-refractivity contribution in [2.75, 3.05) is 0 Å². The minimum atomic E-state index is -1.07. The van der Waals surface area contributed by atoms with Gasteiger partial charge in [-0.05, 0) is 48.0 Å². The van der Waals surface area contributed by atoms with E-state index in [-0.39, 0.29) is 35.0 Å². The second-order valence-corrected chi connectivity index (χ2v) is 9.21. The Kier molecular flexibility index (Phi) is 6.73. The Morgan fingerprint density at radius 3 is 2.55 bits per heavy atom. The molecule has 11 heteroatoms. The number of hydrogen-bond donors (Lipinski definition) is 1. The Hall–Kier alpha value is -6.10. The predicted octanol–water partition coefficient (Wildman–Crippen LogP) is 5.88. The molecule has 6 rings (SSSR count). The molecule has 0 aliphatic heterocycles. The van der Waals surface area contributed by atoms with Crippen LogP contribution < -0.4 is 10.3 Å². The molecule has 2 heterocycles. The standard InChI is InChI=1S/C31H20N4O7/c36-30-23-8-2-3-9-24(23)33-29(27-16-21-6-1-4-11-26(21)42-27)34(30)32-17-22-7-5-10-25(35(39)40)28(22)41-18-19-12-14-20(15-13-19)31(37)38/h1-17H,18H2,(H,37,38). The number of nitro benzene ring substituents is 1. The molecule has 1 N–H and O–H groups in total. The van der Waals surface area contributed by atoms with Gasteiger partial charge in [0.2, 0.25) is 11.6 Å². The number of carboxylic acids is 1. The monoisotopic (exact) mass is 560 g/mol. The molecule has 0 saturated carbocycles. The molecule has 0 aliphatic rings. The summed E-state index contributed by atoms with van der Waals surface area (Å²) in [4.78, 5) is 40.7. The van der Waals surface area contributed by atoms with E-state index in [2.05, 4.69) is 10.1 Å². The average Bonchev–Trinajstić information content (AvgIpc) is 3.44. The van der Waals surface area contributed by atoms with Crippen molar-refractivity contribution in [2.45, 2.75) is 6.61 Å². The maximum atomic E-state index is 13.6. The van der Waals surface area contributed by atoms with Gasteiger partial charge in [-0.1, -0.05) is 48.5 Å². The number of carboxylic acid groups (broad SMARTS) is 1. The second kappa shape index (κ2) is 10.8. The van der Waals surface area contributed by atoms with Gasteiger partial charge in [-0.15, -0.1) is 0 Å². The van der Waals surface area contributed by atoms with E-state index in [1.807, 2.05) is 18.2 Å². The van der Waals surface area contributed by atoms with E-state index < -0.39 is 16.5 Å². The molecule has 0 aliphatic carbocycles. The molecule has 4 aromatic carbocycles. The number of benzene rings is 4. The van der Waals surface area contributed by atoms with Crippen molar-refractivity contribution in [1.82, 2.24) is 9.66 Å². The number of para-hydroxylation sites is 3. The summed E-state index contributed by atoms with van der Waals surface area (Å²) in [6, 6.07) is 26.3. The zero-order valence-electron chi connectivity index (χ0n) is 21.7. The van der Waals surface area contributed by atoms with Crippen LogP contribution in [0.5, 0.6) is 5.75 Å². The highest BCUT2D eigenvalue weighted by Gasteiger charge is 2.20. The SMILES string of the molecule is O=C(O)c1ccc(COc2c(C=Nn3c(-c4cc5ccccc5o4)nc4ccccc4c3=O)cccc2[N+](=O)[O-])cc1. The van der Waals surface area contributed by atoms with Crippen LogP contribution >= 0.6 is 0 Å². The molecule has 0 unspecified atom stereocenters. The molecule has 0 saturated heterocycles. The Morgan fingerprint density at radius 1 is 1.02 bits per heavy atom. The highest BCUT2D eigenvalue weighted by Crippen LogP contribution is 2.31. The third-order valence-corrected chi connectivity index (χ3v) is 6.52. The van der Waals surface area contributed by atoms with Crippen LogP contribution in [-0.4, -0.2) is 31.9 Å². The van der Waals surface area contributed by atoms with Gasteiger partial charge in [0, 0.05) is 17.0 Å². The van der Waals surface area contributed by atoms with Gasteiger partial charge in [-0.2, -0.15) is 9.78 Å². The van der Waals surface area contributed by atoms with Gasteiger partial charge in [0.25, 0.3) is 5.56 Å². The largest absolute Gasteiger partial charge is 0.481 e. The van der Waals surface area contributed by atoms with Crippen LogP contribution in [0.25, 0.3) is 33.5 Å². The van der Waals surface area contributed by atoms with Gasteiger partial charge < -0.3 is 14.3 Å². The lowest BCUT2D eigenvalue weighted by Gasteiger charge is -2.11.